The van der Waals surface area contributed by atoms with Crippen molar-refractivity contribution in [1.29, 1.82) is 0 Å². The third kappa shape index (κ3) is 4.38. The molecule has 0 radical (unpaired) electrons. The summed E-state index contributed by atoms with van der Waals surface area (Å²) in [5, 5.41) is 5.85. The Labute approximate surface area is 122 Å². The minimum Gasteiger partial charge on any atom is -0.384 e. The van der Waals surface area contributed by atoms with Gasteiger partial charge in [0.2, 0.25) is 5.91 Å². The Morgan fingerprint density at radius 2 is 2.20 bits per heavy atom. The summed E-state index contributed by atoms with van der Waals surface area (Å²) in [6.07, 6.45) is 4.48. The SMILES string of the molecule is Nc1cc(C(=O)NCCCC(=O)NC2CC2)c(Cl)cn1. The molecule has 0 aliphatic heterocycles. The highest BCUT2D eigenvalue weighted by Gasteiger charge is 2.22. The first kappa shape index (κ1) is 14.6. The van der Waals surface area contributed by atoms with Gasteiger partial charge in [-0.05, 0) is 25.3 Å². The molecule has 1 aromatic rings. The molecule has 1 aliphatic carbocycles. The second-order valence-electron chi connectivity index (χ2n) is 4.79. The topological polar surface area (TPSA) is 97.1 Å². The molecule has 0 spiro atoms. The van der Waals surface area contributed by atoms with Crippen LogP contribution in [0.5, 0.6) is 0 Å². The molecule has 0 saturated heterocycles. The molecule has 108 valence electrons. The largest absolute Gasteiger partial charge is 0.384 e. The number of anilines is 1. The Hall–Kier alpha value is -1.82. The highest BCUT2D eigenvalue weighted by molar-refractivity contribution is 6.33. The number of hydrogen-bond acceptors (Lipinski definition) is 4. The van der Waals surface area contributed by atoms with Crippen LogP contribution < -0.4 is 16.4 Å². The lowest BCUT2D eigenvalue weighted by atomic mass is 10.2. The smallest absolute Gasteiger partial charge is 0.252 e. The van der Waals surface area contributed by atoms with Gasteiger partial charge in [0.05, 0.1) is 10.6 Å². The Kier molecular flexibility index (Phi) is 4.79. The second-order valence-corrected chi connectivity index (χ2v) is 5.20. The summed E-state index contributed by atoms with van der Waals surface area (Å²) in [4.78, 5) is 27.1. The lowest BCUT2D eigenvalue weighted by Gasteiger charge is -2.07. The number of hydrogen-bond donors (Lipinski definition) is 3. The van der Waals surface area contributed by atoms with Crippen LogP contribution >= 0.6 is 11.6 Å². The quantitative estimate of drug-likeness (QED) is 0.685. The van der Waals surface area contributed by atoms with Crippen LogP contribution in [0.1, 0.15) is 36.0 Å². The van der Waals surface area contributed by atoms with Crippen LogP contribution in [0.2, 0.25) is 5.02 Å². The van der Waals surface area contributed by atoms with E-state index in [0.717, 1.165) is 12.8 Å². The minimum atomic E-state index is -0.313. The maximum absolute atomic E-state index is 11.9. The van der Waals surface area contributed by atoms with Gasteiger partial charge >= 0.3 is 0 Å². The molecule has 20 heavy (non-hydrogen) atoms. The molecular weight excluding hydrogens is 280 g/mol. The predicted molar refractivity (Wildman–Crippen MR) is 76.4 cm³/mol. The normalized spacial score (nSPS) is 13.8. The number of carbonyl (C=O) groups is 2. The number of rotatable bonds is 6. The van der Waals surface area contributed by atoms with Crippen molar-refractivity contribution in [3.05, 3.63) is 22.8 Å². The molecule has 0 unspecified atom stereocenters. The van der Waals surface area contributed by atoms with Crippen molar-refractivity contribution >= 4 is 29.2 Å². The van der Waals surface area contributed by atoms with Crippen LogP contribution in [-0.2, 0) is 4.79 Å². The Morgan fingerprint density at radius 3 is 2.90 bits per heavy atom. The summed E-state index contributed by atoms with van der Waals surface area (Å²) in [5.41, 5.74) is 5.80. The van der Waals surface area contributed by atoms with Gasteiger partial charge in [-0.3, -0.25) is 9.59 Å². The van der Waals surface area contributed by atoms with Crippen molar-refractivity contribution in [2.75, 3.05) is 12.3 Å². The van der Waals surface area contributed by atoms with E-state index in [1.54, 1.807) is 0 Å². The highest BCUT2D eigenvalue weighted by Crippen LogP contribution is 2.18. The standard InChI is InChI=1S/C13H17ClN4O2/c14-10-7-17-11(15)6-9(10)13(20)16-5-1-2-12(19)18-8-3-4-8/h6-8H,1-5H2,(H2,15,17)(H,16,20)(H,18,19). The summed E-state index contributed by atoms with van der Waals surface area (Å²) in [5.74, 6) is -0.0389. The number of pyridine rings is 1. The van der Waals surface area contributed by atoms with E-state index in [1.807, 2.05) is 0 Å². The van der Waals surface area contributed by atoms with Crippen LogP contribution in [0.4, 0.5) is 5.82 Å². The van der Waals surface area contributed by atoms with Gasteiger partial charge in [-0.1, -0.05) is 11.6 Å². The lowest BCUT2D eigenvalue weighted by molar-refractivity contribution is -0.121. The zero-order valence-electron chi connectivity index (χ0n) is 11.0. The fourth-order valence-corrected chi connectivity index (χ4v) is 1.89. The van der Waals surface area contributed by atoms with Gasteiger partial charge in [0, 0.05) is 25.2 Å². The zero-order valence-corrected chi connectivity index (χ0v) is 11.7. The second kappa shape index (κ2) is 6.56. The molecule has 0 atom stereocenters. The Bertz CT molecular complexity index is 517. The van der Waals surface area contributed by atoms with Crippen molar-refractivity contribution in [3.63, 3.8) is 0 Å². The third-order valence-corrected chi connectivity index (χ3v) is 3.23. The fraction of sp³-hybridized carbons (Fsp3) is 0.462. The molecule has 6 nitrogen and oxygen atoms in total. The molecule has 2 rings (SSSR count). The van der Waals surface area contributed by atoms with E-state index < -0.39 is 0 Å². The molecule has 1 heterocycles. The number of halogens is 1. The van der Waals surface area contributed by atoms with E-state index in [2.05, 4.69) is 15.6 Å². The van der Waals surface area contributed by atoms with Crippen molar-refractivity contribution in [2.24, 2.45) is 0 Å². The highest BCUT2D eigenvalue weighted by atomic mass is 35.5. The van der Waals surface area contributed by atoms with Crippen molar-refractivity contribution in [2.45, 2.75) is 31.7 Å². The average molecular weight is 297 g/mol. The number of carbonyl (C=O) groups excluding carboxylic acids is 2. The van der Waals surface area contributed by atoms with E-state index >= 15 is 0 Å². The number of nitrogen functional groups attached to an aromatic ring is 1. The van der Waals surface area contributed by atoms with Crippen LogP contribution in [0, 0.1) is 0 Å². The van der Waals surface area contributed by atoms with Crippen LogP contribution in [0.25, 0.3) is 0 Å². The van der Waals surface area contributed by atoms with Gasteiger partial charge in [-0.2, -0.15) is 0 Å². The van der Waals surface area contributed by atoms with Crippen molar-refractivity contribution in [3.8, 4) is 0 Å². The monoisotopic (exact) mass is 296 g/mol. The number of nitrogens with zero attached hydrogens (tertiary/aromatic N) is 1. The predicted octanol–water partition coefficient (Wildman–Crippen LogP) is 1.11. The van der Waals surface area contributed by atoms with Gasteiger partial charge in [0.25, 0.3) is 5.91 Å². The van der Waals surface area contributed by atoms with E-state index in [-0.39, 0.29) is 22.7 Å². The number of nitrogens with two attached hydrogens (primary N) is 1. The maximum Gasteiger partial charge on any atom is 0.252 e. The molecule has 0 aromatic carbocycles. The zero-order chi connectivity index (χ0) is 14.5. The summed E-state index contributed by atoms with van der Waals surface area (Å²) in [7, 11) is 0. The first-order valence-corrected chi connectivity index (χ1v) is 6.92. The molecule has 1 saturated carbocycles. The van der Waals surface area contributed by atoms with Gasteiger partial charge < -0.3 is 16.4 Å². The summed E-state index contributed by atoms with van der Waals surface area (Å²) in [6.45, 7) is 0.412. The molecular formula is C13H17ClN4O2. The van der Waals surface area contributed by atoms with Crippen LogP contribution in [0.3, 0.4) is 0 Å². The van der Waals surface area contributed by atoms with E-state index in [4.69, 9.17) is 17.3 Å². The van der Waals surface area contributed by atoms with E-state index in [0.29, 0.717) is 31.0 Å². The van der Waals surface area contributed by atoms with Crippen molar-refractivity contribution in [1.82, 2.24) is 15.6 Å². The van der Waals surface area contributed by atoms with Crippen LogP contribution in [-0.4, -0.2) is 29.4 Å². The molecule has 1 aliphatic rings. The van der Waals surface area contributed by atoms with Gasteiger partial charge in [-0.15, -0.1) is 0 Å². The molecule has 1 aromatic heterocycles. The van der Waals surface area contributed by atoms with Gasteiger partial charge in [0.15, 0.2) is 0 Å². The summed E-state index contributed by atoms with van der Waals surface area (Å²) >= 11 is 5.88. The third-order valence-electron chi connectivity index (χ3n) is 2.93. The van der Waals surface area contributed by atoms with E-state index in [9.17, 15) is 9.59 Å². The Balaban J connectivity index is 1.71. The molecule has 7 heteroatoms. The van der Waals surface area contributed by atoms with E-state index in [1.165, 1.54) is 12.3 Å². The minimum absolute atomic E-state index is 0.0351. The van der Waals surface area contributed by atoms with Crippen molar-refractivity contribution < 1.29 is 9.59 Å². The molecule has 1 fully saturated rings. The number of nitrogens with one attached hydrogen (secondary N) is 2. The maximum atomic E-state index is 11.9. The summed E-state index contributed by atoms with van der Waals surface area (Å²) in [6, 6.07) is 1.80. The first-order valence-electron chi connectivity index (χ1n) is 6.55. The fourth-order valence-electron chi connectivity index (χ4n) is 1.70. The average Bonchev–Trinajstić information content (AvgIpc) is 3.21. The lowest BCUT2D eigenvalue weighted by Crippen LogP contribution is -2.28. The number of aromatic nitrogens is 1. The summed E-state index contributed by atoms with van der Waals surface area (Å²) < 4.78 is 0. The van der Waals surface area contributed by atoms with Gasteiger partial charge in [0.1, 0.15) is 5.82 Å². The first-order chi connectivity index (χ1) is 9.56. The molecule has 2 amide bonds. The Morgan fingerprint density at radius 1 is 1.45 bits per heavy atom. The number of amides is 2. The van der Waals surface area contributed by atoms with Crippen LogP contribution in [0.15, 0.2) is 12.3 Å². The molecule has 0 bridgehead atoms. The molecule has 4 N–H and O–H groups in total. The van der Waals surface area contributed by atoms with Gasteiger partial charge in [-0.25, -0.2) is 4.98 Å².